The predicted molar refractivity (Wildman–Crippen MR) is 88.7 cm³/mol. The molecule has 2 unspecified atom stereocenters. The lowest BCUT2D eigenvalue weighted by molar-refractivity contribution is 0.749. The second-order valence-corrected chi connectivity index (χ2v) is 6.96. The van der Waals surface area contributed by atoms with Gasteiger partial charge >= 0.3 is 0 Å². The Morgan fingerprint density at radius 1 is 1.35 bits per heavy atom. The molecule has 112 valence electrons. The van der Waals surface area contributed by atoms with Crippen LogP contribution in [-0.2, 0) is 0 Å². The fraction of sp³-hybridized carbons (Fsp3) is 0.733. The standard InChI is InChI=1S/C15H26N4S/c1-4-8-16-15-17-10-11(3)14(19-15)18-12-6-7-13(9-12)20-5-2/h10,12-13H,4-9H2,1-3H3,(H2,16,17,18,19). The molecular formula is C15H26N4S. The van der Waals surface area contributed by atoms with Crippen LogP contribution in [0.5, 0.6) is 0 Å². The van der Waals surface area contributed by atoms with Crippen LogP contribution in [0.2, 0.25) is 0 Å². The van der Waals surface area contributed by atoms with E-state index in [1.807, 2.05) is 6.20 Å². The summed E-state index contributed by atoms with van der Waals surface area (Å²) in [6.45, 7) is 7.37. The molecule has 2 rings (SSSR count). The molecule has 1 fully saturated rings. The minimum atomic E-state index is 0.562. The third-order valence-corrected chi connectivity index (χ3v) is 4.87. The van der Waals surface area contributed by atoms with E-state index in [2.05, 4.69) is 53.1 Å². The molecule has 2 atom stereocenters. The number of thioether (sulfide) groups is 1. The Morgan fingerprint density at radius 2 is 2.20 bits per heavy atom. The molecular weight excluding hydrogens is 268 g/mol. The summed E-state index contributed by atoms with van der Waals surface area (Å²) >= 11 is 2.09. The Bertz CT molecular complexity index is 424. The van der Waals surface area contributed by atoms with Crippen LogP contribution in [0.25, 0.3) is 0 Å². The summed E-state index contributed by atoms with van der Waals surface area (Å²) in [4.78, 5) is 8.93. The molecule has 1 saturated carbocycles. The summed E-state index contributed by atoms with van der Waals surface area (Å²) < 4.78 is 0. The number of hydrogen-bond donors (Lipinski definition) is 2. The summed E-state index contributed by atoms with van der Waals surface area (Å²) in [5.41, 5.74) is 1.12. The average Bonchev–Trinajstić information content (AvgIpc) is 2.87. The second kappa shape index (κ2) is 7.72. The highest BCUT2D eigenvalue weighted by Gasteiger charge is 2.25. The Hall–Kier alpha value is -0.970. The van der Waals surface area contributed by atoms with E-state index in [4.69, 9.17) is 0 Å². The van der Waals surface area contributed by atoms with Crippen molar-refractivity contribution in [2.75, 3.05) is 22.9 Å². The summed E-state index contributed by atoms with van der Waals surface area (Å²) in [5.74, 6) is 2.94. The first-order valence-electron chi connectivity index (χ1n) is 7.68. The van der Waals surface area contributed by atoms with Crippen molar-refractivity contribution in [3.8, 4) is 0 Å². The first-order chi connectivity index (χ1) is 9.72. The normalized spacial score (nSPS) is 21.9. The SMILES string of the molecule is CCCNc1ncc(C)c(NC2CCC(SCC)C2)n1. The van der Waals surface area contributed by atoms with Gasteiger partial charge < -0.3 is 10.6 Å². The van der Waals surface area contributed by atoms with E-state index in [1.165, 1.54) is 25.0 Å². The molecule has 1 aliphatic carbocycles. The quantitative estimate of drug-likeness (QED) is 0.803. The smallest absolute Gasteiger partial charge is 0.224 e. The van der Waals surface area contributed by atoms with Gasteiger partial charge in [-0.15, -0.1) is 0 Å². The van der Waals surface area contributed by atoms with Gasteiger partial charge in [0.25, 0.3) is 0 Å². The molecule has 1 aliphatic rings. The highest BCUT2D eigenvalue weighted by molar-refractivity contribution is 7.99. The number of nitrogens with one attached hydrogen (secondary N) is 2. The number of rotatable bonds is 7. The average molecular weight is 294 g/mol. The molecule has 20 heavy (non-hydrogen) atoms. The molecule has 5 heteroatoms. The van der Waals surface area contributed by atoms with Crippen LogP contribution in [0.1, 0.15) is 45.1 Å². The van der Waals surface area contributed by atoms with E-state index in [0.29, 0.717) is 6.04 Å². The first-order valence-corrected chi connectivity index (χ1v) is 8.73. The van der Waals surface area contributed by atoms with Crippen LogP contribution in [0.4, 0.5) is 11.8 Å². The van der Waals surface area contributed by atoms with Crippen LogP contribution in [-0.4, -0.2) is 33.6 Å². The van der Waals surface area contributed by atoms with Crippen molar-refractivity contribution in [2.24, 2.45) is 0 Å². The molecule has 0 radical (unpaired) electrons. The van der Waals surface area contributed by atoms with Crippen molar-refractivity contribution in [2.45, 2.75) is 57.7 Å². The summed E-state index contributed by atoms with van der Waals surface area (Å²) in [6, 6.07) is 0.562. The van der Waals surface area contributed by atoms with Gasteiger partial charge in [0.15, 0.2) is 0 Å². The van der Waals surface area contributed by atoms with E-state index < -0.39 is 0 Å². The van der Waals surface area contributed by atoms with Crippen LogP contribution in [0, 0.1) is 6.92 Å². The molecule has 1 aromatic heterocycles. The maximum Gasteiger partial charge on any atom is 0.224 e. The van der Waals surface area contributed by atoms with E-state index in [0.717, 1.165) is 35.5 Å². The Labute approximate surface area is 126 Å². The van der Waals surface area contributed by atoms with Crippen molar-refractivity contribution in [3.05, 3.63) is 11.8 Å². The summed E-state index contributed by atoms with van der Waals surface area (Å²) in [6.07, 6.45) is 6.80. The lowest BCUT2D eigenvalue weighted by atomic mass is 10.2. The lowest BCUT2D eigenvalue weighted by Gasteiger charge is -2.16. The molecule has 2 N–H and O–H groups in total. The monoisotopic (exact) mass is 294 g/mol. The van der Waals surface area contributed by atoms with Crippen molar-refractivity contribution in [1.82, 2.24) is 9.97 Å². The molecule has 1 heterocycles. The Morgan fingerprint density at radius 3 is 2.95 bits per heavy atom. The zero-order valence-electron chi connectivity index (χ0n) is 12.8. The minimum absolute atomic E-state index is 0.562. The van der Waals surface area contributed by atoms with Gasteiger partial charge in [-0.2, -0.15) is 16.7 Å². The maximum atomic E-state index is 4.60. The van der Waals surface area contributed by atoms with Crippen LogP contribution in [0.15, 0.2) is 6.20 Å². The summed E-state index contributed by atoms with van der Waals surface area (Å²) in [7, 11) is 0. The highest BCUT2D eigenvalue weighted by Crippen LogP contribution is 2.31. The zero-order chi connectivity index (χ0) is 14.4. The molecule has 0 amide bonds. The first kappa shape index (κ1) is 15.4. The van der Waals surface area contributed by atoms with Crippen molar-refractivity contribution >= 4 is 23.5 Å². The van der Waals surface area contributed by atoms with Gasteiger partial charge in [-0.3, -0.25) is 0 Å². The molecule has 0 saturated heterocycles. The van der Waals surface area contributed by atoms with E-state index >= 15 is 0 Å². The van der Waals surface area contributed by atoms with Gasteiger partial charge in [0.2, 0.25) is 5.95 Å². The molecule has 0 bridgehead atoms. The lowest BCUT2D eigenvalue weighted by Crippen LogP contribution is -2.18. The molecule has 1 aromatic rings. The highest BCUT2D eigenvalue weighted by atomic mass is 32.2. The van der Waals surface area contributed by atoms with Gasteiger partial charge in [-0.1, -0.05) is 13.8 Å². The van der Waals surface area contributed by atoms with Crippen LogP contribution in [0.3, 0.4) is 0 Å². The molecule has 0 aromatic carbocycles. The topological polar surface area (TPSA) is 49.8 Å². The van der Waals surface area contributed by atoms with E-state index in [9.17, 15) is 0 Å². The predicted octanol–water partition coefficient (Wildman–Crippen LogP) is 3.69. The van der Waals surface area contributed by atoms with Crippen molar-refractivity contribution in [1.29, 1.82) is 0 Å². The molecule has 4 nitrogen and oxygen atoms in total. The van der Waals surface area contributed by atoms with Gasteiger partial charge in [0.1, 0.15) is 5.82 Å². The fourth-order valence-electron chi connectivity index (χ4n) is 2.56. The number of aryl methyl sites for hydroxylation is 1. The Balaban J connectivity index is 1.94. The third kappa shape index (κ3) is 4.27. The van der Waals surface area contributed by atoms with Gasteiger partial charge in [-0.25, -0.2) is 4.98 Å². The maximum absolute atomic E-state index is 4.60. The largest absolute Gasteiger partial charge is 0.367 e. The third-order valence-electron chi connectivity index (χ3n) is 3.63. The fourth-order valence-corrected chi connectivity index (χ4v) is 3.70. The van der Waals surface area contributed by atoms with Crippen LogP contribution < -0.4 is 10.6 Å². The zero-order valence-corrected chi connectivity index (χ0v) is 13.6. The van der Waals surface area contributed by atoms with Gasteiger partial charge in [-0.05, 0) is 38.4 Å². The van der Waals surface area contributed by atoms with Crippen molar-refractivity contribution < 1.29 is 0 Å². The molecule has 0 aliphatic heterocycles. The van der Waals surface area contributed by atoms with Gasteiger partial charge in [0.05, 0.1) is 0 Å². The Kier molecular flexibility index (Phi) is 5.95. The second-order valence-electron chi connectivity index (χ2n) is 5.38. The minimum Gasteiger partial charge on any atom is -0.367 e. The van der Waals surface area contributed by atoms with E-state index in [1.54, 1.807) is 0 Å². The number of anilines is 2. The summed E-state index contributed by atoms with van der Waals surface area (Å²) in [5, 5.41) is 7.68. The number of aromatic nitrogens is 2. The number of hydrogen-bond acceptors (Lipinski definition) is 5. The number of nitrogens with zero attached hydrogens (tertiary/aromatic N) is 2. The van der Waals surface area contributed by atoms with Crippen molar-refractivity contribution in [3.63, 3.8) is 0 Å². The van der Waals surface area contributed by atoms with Gasteiger partial charge in [0, 0.05) is 29.6 Å². The van der Waals surface area contributed by atoms with E-state index in [-0.39, 0.29) is 0 Å². The molecule has 0 spiro atoms. The van der Waals surface area contributed by atoms with Crippen LogP contribution >= 0.6 is 11.8 Å².